The predicted molar refractivity (Wildman–Crippen MR) is 76.5 cm³/mol. The number of rotatable bonds is 7. The molecule has 0 fully saturated rings. The normalized spacial score (nSPS) is 11.3. The molecule has 0 saturated carbocycles. The van der Waals surface area contributed by atoms with Gasteiger partial charge < -0.3 is 5.11 Å². The third-order valence-corrected chi connectivity index (χ3v) is 3.68. The molecule has 0 aliphatic rings. The summed E-state index contributed by atoms with van der Waals surface area (Å²) in [5, 5.41) is 8.63. The van der Waals surface area contributed by atoms with Gasteiger partial charge in [-0.05, 0) is 54.9 Å². The predicted octanol–water partition coefficient (Wildman–Crippen LogP) is 3.80. The van der Waals surface area contributed by atoms with Crippen LogP contribution in [-0.4, -0.2) is 28.6 Å². The molecule has 0 saturated heterocycles. The summed E-state index contributed by atoms with van der Waals surface area (Å²) >= 11 is 3.04. The van der Waals surface area contributed by atoms with E-state index in [0.717, 1.165) is 0 Å². The van der Waals surface area contributed by atoms with Gasteiger partial charge in [-0.15, -0.1) is 0 Å². The van der Waals surface area contributed by atoms with Gasteiger partial charge in [-0.2, -0.15) is 0 Å². The van der Waals surface area contributed by atoms with Gasteiger partial charge in [0.1, 0.15) is 11.6 Å². The molecule has 0 radical (unpaired) electrons. The first-order chi connectivity index (χ1) is 9.32. The molecule has 0 atom stereocenters. The zero-order valence-electron chi connectivity index (χ0n) is 11.5. The average molecular weight is 350 g/mol. The summed E-state index contributed by atoms with van der Waals surface area (Å²) in [7, 11) is 0. The van der Waals surface area contributed by atoms with Gasteiger partial charge in [0.25, 0.3) is 0 Å². The Hall–Kier alpha value is -1.01. The van der Waals surface area contributed by atoms with Crippen molar-refractivity contribution in [1.29, 1.82) is 0 Å². The van der Waals surface area contributed by atoms with Crippen molar-refractivity contribution < 1.29 is 18.7 Å². The molecule has 1 N–H and O–H groups in total. The standard InChI is InChI=1S/C14H18BrF2NO2/c1-9(2)18(7-3-4-13(19)20)8-10-12(16)6-5-11(15)14(10)17/h5-6,9H,3-4,7-8H2,1-2H3,(H,19,20). The van der Waals surface area contributed by atoms with E-state index >= 15 is 0 Å². The molecule has 0 unspecified atom stereocenters. The van der Waals surface area contributed by atoms with Crippen LogP contribution in [0.3, 0.4) is 0 Å². The summed E-state index contributed by atoms with van der Waals surface area (Å²) in [5.41, 5.74) is 0.00315. The SMILES string of the molecule is CC(C)N(CCCC(=O)O)Cc1c(F)ccc(Br)c1F. The van der Waals surface area contributed by atoms with Crippen LogP contribution in [0.5, 0.6) is 0 Å². The number of hydrogen-bond acceptors (Lipinski definition) is 2. The fourth-order valence-corrected chi connectivity index (χ4v) is 2.24. The summed E-state index contributed by atoms with van der Waals surface area (Å²) in [5.74, 6) is -2.06. The van der Waals surface area contributed by atoms with Gasteiger partial charge in [0.15, 0.2) is 0 Å². The first-order valence-electron chi connectivity index (χ1n) is 6.41. The lowest BCUT2D eigenvalue weighted by Crippen LogP contribution is -2.32. The van der Waals surface area contributed by atoms with Crippen LogP contribution in [0.4, 0.5) is 8.78 Å². The first-order valence-corrected chi connectivity index (χ1v) is 7.20. The van der Waals surface area contributed by atoms with Crippen molar-refractivity contribution in [2.75, 3.05) is 6.54 Å². The second-order valence-corrected chi connectivity index (χ2v) is 5.74. The van der Waals surface area contributed by atoms with Crippen LogP contribution in [0.15, 0.2) is 16.6 Å². The number of halogens is 3. The topological polar surface area (TPSA) is 40.5 Å². The van der Waals surface area contributed by atoms with E-state index in [2.05, 4.69) is 15.9 Å². The Bertz CT molecular complexity index is 480. The van der Waals surface area contributed by atoms with Crippen LogP contribution in [-0.2, 0) is 11.3 Å². The van der Waals surface area contributed by atoms with E-state index in [0.29, 0.717) is 13.0 Å². The lowest BCUT2D eigenvalue weighted by atomic mass is 10.1. The molecule has 20 heavy (non-hydrogen) atoms. The number of benzene rings is 1. The number of hydrogen-bond donors (Lipinski definition) is 1. The van der Waals surface area contributed by atoms with Gasteiger partial charge in [0, 0.05) is 24.6 Å². The quantitative estimate of drug-likeness (QED) is 0.761. The van der Waals surface area contributed by atoms with E-state index in [9.17, 15) is 13.6 Å². The Morgan fingerprint density at radius 2 is 2.05 bits per heavy atom. The molecule has 0 bridgehead atoms. The molecule has 0 aliphatic carbocycles. The smallest absolute Gasteiger partial charge is 0.303 e. The molecule has 112 valence electrons. The molecule has 0 aliphatic heterocycles. The largest absolute Gasteiger partial charge is 0.481 e. The second-order valence-electron chi connectivity index (χ2n) is 4.88. The van der Waals surface area contributed by atoms with Crippen LogP contribution >= 0.6 is 15.9 Å². The van der Waals surface area contributed by atoms with Crippen LogP contribution in [0, 0.1) is 11.6 Å². The van der Waals surface area contributed by atoms with Crippen LogP contribution < -0.4 is 0 Å². The molecule has 1 aromatic carbocycles. The molecule has 3 nitrogen and oxygen atoms in total. The van der Waals surface area contributed by atoms with Crippen LogP contribution in [0.25, 0.3) is 0 Å². The molecule has 0 aromatic heterocycles. The van der Waals surface area contributed by atoms with Gasteiger partial charge in [0.05, 0.1) is 4.47 Å². The molecule has 0 heterocycles. The number of carboxylic acid groups (broad SMARTS) is 1. The highest BCUT2D eigenvalue weighted by Gasteiger charge is 2.18. The van der Waals surface area contributed by atoms with E-state index in [1.54, 1.807) is 0 Å². The van der Waals surface area contributed by atoms with Crippen molar-refractivity contribution in [1.82, 2.24) is 4.90 Å². The number of carbonyl (C=O) groups is 1. The molecule has 1 aromatic rings. The van der Waals surface area contributed by atoms with E-state index in [1.165, 1.54) is 12.1 Å². The van der Waals surface area contributed by atoms with Crippen molar-refractivity contribution in [3.8, 4) is 0 Å². The lowest BCUT2D eigenvalue weighted by Gasteiger charge is -2.26. The summed E-state index contributed by atoms with van der Waals surface area (Å²) < 4.78 is 27.9. The maximum atomic E-state index is 13.9. The fraction of sp³-hybridized carbons (Fsp3) is 0.500. The minimum absolute atomic E-state index is 0.00315. The highest BCUT2D eigenvalue weighted by atomic mass is 79.9. The highest BCUT2D eigenvalue weighted by molar-refractivity contribution is 9.10. The van der Waals surface area contributed by atoms with Crippen molar-refractivity contribution in [2.45, 2.75) is 39.3 Å². The minimum Gasteiger partial charge on any atom is -0.481 e. The van der Waals surface area contributed by atoms with Crippen LogP contribution in [0.1, 0.15) is 32.3 Å². The Morgan fingerprint density at radius 1 is 1.40 bits per heavy atom. The van der Waals surface area contributed by atoms with E-state index < -0.39 is 17.6 Å². The number of carboxylic acids is 1. The van der Waals surface area contributed by atoms with Gasteiger partial charge in [-0.25, -0.2) is 8.78 Å². The lowest BCUT2D eigenvalue weighted by molar-refractivity contribution is -0.137. The molecule has 0 spiro atoms. The number of nitrogens with zero attached hydrogens (tertiary/aromatic N) is 1. The Balaban J connectivity index is 2.80. The summed E-state index contributed by atoms with van der Waals surface area (Å²) in [4.78, 5) is 12.4. The maximum absolute atomic E-state index is 13.9. The van der Waals surface area contributed by atoms with E-state index in [-0.39, 0.29) is 29.0 Å². The van der Waals surface area contributed by atoms with E-state index in [1.807, 2.05) is 18.7 Å². The third-order valence-electron chi connectivity index (χ3n) is 3.07. The molecule has 0 amide bonds. The zero-order chi connectivity index (χ0) is 15.3. The van der Waals surface area contributed by atoms with Crippen molar-refractivity contribution in [3.63, 3.8) is 0 Å². The molecular weight excluding hydrogens is 332 g/mol. The highest BCUT2D eigenvalue weighted by Crippen LogP contribution is 2.23. The molecular formula is C14H18BrF2NO2. The van der Waals surface area contributed by atoms with Gasteiger partial charge in [-0.1, -0.05) is 0 Å². The van der Waals surface area contributed by atoms with Gasteiger partial charge in [-0.3, -0.25) is 9.69 Å². The average Bonchev–Trinajstić information content (AvgIpc) is 2.36. The second kappa shape index (κ2) is 7.69. The summed E-state index contributed by atoms with van der Waals surface area (Å²) in [6, 6.07) is 2.62. The fourth-order valence-electron chi connectivity index (χ4n) is 1.87. The molecule has 6 heteroatoms. The monoisotopic (exact) mass is 349 g/mol. The van der Waals surface area contributed by atoms with Gasteiger partial charge >= 0.3 is 5.97 Å². The molecule has 1 rings (SSSR count). The Morgan fingerprint density at radius 3 is 2.60 bits per heavy atom. The maximum Gasteiger partial charge on any atom is 0.303 e. The van der Waals surface area contributed by atoms with Gasteiger partial charge in [0.2, 0.25) is 0 Å². The third kappa shape index (κ3) is 4.83. The van der Waals surface area contributed by atoms with Crippen molar-refractivity contribution in [3.05, 3.63) is 33.8 Å². The van der Waals surface area contributed by atoms with Crippen molar-refractivity contribution >= 4 is 21.9 Å². The zero-order valence-corrected chi connectivity index (χ0v) is 13.1. The summed E-state index contributed by atoms with van der Waals surface area (Å²) in [6.45, 7) is 4.42. The summed E-state index contributed by atoms with van der Waals surface area (Å²) in [6.07, 6.45) is 0.497. The Labute approximate surface area is 125 Å². The Kier molecular flexibility index (Phi) is 6.55. The van der Waals surface area contributed by atoms with E-state index in [4.69, 9.17) is 5.11 Å². The minimum atomic E-state index is -0.867. The van der Waals surface area contributed by atoms with Crippen LogP contribution in [0.2, 0.25) is 0 Å². The van der Waals surface area contributed by atoms with Crippen molar-refractivity contribution in [2.24, 2.45) is 0 Å². The number of aliphatic carboxylic acids is 1. The first kappa shape index (κ1) is 17.0.